The van der Waals surface area contributed by atoms with Crippen molar-refractivity contribution in [3.05, 3.63) is 64.8 Å². The molecule has 0 spiro atoms. The molecule has 0 bridgehead atoms. The highest BCUT2D eigenvalue weighted by molar-refractivity contribution is 7.14. The van der Waals surface area contributed by atoms with Gasteiger partial charge in [-0.05, 0) is 36.4 Å². The molecule has 27 heavy (non-hydrogen) atoms. The number of alkyl halides is 3. The fourth-order valence-corrected chi connectivity index (χ4v) is 3.01. The second-order valence-electron chi connectivity index (χ2n) is 5.42. The van der Waals surface area contributed by atoms with Gasteiger partial charge >= 0.3 is 6.18 Å². The zero-order valence-electron chi connectivity index (χ0n) is 13.8. The molecule has 1 amide bonds. The Hall–Kier alpha value is -2.94. The fraction of sp³-hybridized carbons (Fsp3) is 0.111. The monoisotopic (exact) mass is 396 g/mol. The molecule has 0 radical (unpaired) electrons. The smallest absolute Gasteiger partial charge is 0.416 e. The van der Waals surface area contributed by atoms with E-state index in [1.807, 2.05) is 0 Å². The highest BCUT2D eigenvalue weighted by atomic mass is 32.1. The highest BCUT2D eigenvalue weighted by Crippen LogP contribution is 2.31. The van der Waals surface area contributed by atoms with E-state index in [1.54, 1.807) is 11.4 Å². The van der Waals surface area contributed by atoms with E-state index in [1.165, 1.54) is 25.3 Å². The zero-order valence-corrected chi connectivity index (χ0v) is 14.6. The van der Waals surface area contributed by atoms with Gasteiger partial charge in [-0.15, -0.1) is 11.3 Å². The number of anilines is 1. The number of carbonyl (C=O) groups is 1. The van der Waals surface area contributed by atoms with E-state index in [9.17, 15) is 22.4 Å². The van der Waals surface area contributed by atoms with Crippen molar-refractivity contribution in [3.63, 3.8) is 0 Å². The van der Waals surface area contributed by atoms with E-state index in [2.05, 4.69) is 10.3 Å². The summed E-state index contributed by atoms with van der Waals surface area (Å²) in [6.07, 6.45) is -4.54. The Balaban J connectivity index is 1.78. The van der Waals surface area contributed by atoms with Crippen LogP contribution in [0.1, 0.15) is 15.9 Å². The largest absolute Gasteiger partial charge is 0.494 e. The molecule has 0 aliphatic rings. The molecule has 4 nitrogen and oxygen atoms in total. The average molecular weight is 396 g/mol. The van der Waals surface area contributed by atoms with Gasteiger partial charge in [-0.2, -0.15) is 13.2 Å². The van der Waals surface area contributed by atoms with Gasteiger partial charge in [0.05, 0.1) is 18.4 Å². The third kappa shape index (κ3) is 4.25. The van der Waals surface area contributed by atoms with Crippen molar-refractivity contribution in [3.8, 4) is 17.0 Å². The Morgan fingerprint density at radius 2 is 1.96 bits per heavy atom. The SMILES string of the molecule is COc1ccc(-c2csc(NC(=O)c3cccc(C(F)(F)F)c3)n2)cc1F. The summed E-state index contributed by atoms with van der Waals surface area (Å²) in [5.74, 6) is -1.19. The third-order valence-electron chi connectivity index (χ3n) is 3.62. The van der Waals surface area contributed by atoms with Crippen molar-refractivity contribution in [1.82, 2.24) is 4.98 Å². The maximum atomic E-state index is 13.8. The van der Waals surface area contributed by atoms with Crippen LogP contribution in [0.4, 0.5) is 22.7 Å². The summed E-state index contributed by atoms with van der Waals surface area (Å²) in [4.78, 5) is 16.4. The van der Waals surface area contributed by atoms with E-state index in [4.69, 9.17) is 4.74 Å². The van der Waals surface area contributed by atoms with Crippen molar-refractivity contribution in [2.24, 2.45) is 0 Å². The van der Waals surface area contributed by atoms with Crippen molar-refractivity contribution in [2.45, 2.75) is 6.18 Å². The average Bonchev–Trinajstić information content (AvgIpc) is 3.09. The number of nitrogens with zero attached hydrogens (tertiary/aromatic N) is 1. The molecule has 9 heteroatoms. The minimum atomic E-state index is -4.54. The standard InChI is InChI=1S/C18H12F4N2O2S/c1-26-15-6-5-10(8-13(15)19)14-9-27-17(23-14)24-16(25)11-3-2-4-12(7-11)18(20,21)22/h2-9H,1H3,(H,23,24,25). The van der Waals surface area contributed by atoms with Gasteiger partial charge in [0.2, 0.25) is 0 Å². The summed E-state index contributed by atoms with van der Waals surface area (Å²) in [6, 6.07) is 8.38. The van der Waals surface area contributed by atoms with E-state index in [0.29, 0.717) is 11.3 Å². The number of methoxy groups -OCH3 is 1. The van der Waals surface area contributed by atoms with Gasteiger partial charge in [-0.1, -0.05) is 6.07 Å². The number of halogens is 4. The topological polar surface area (TPSA) is 51.2 Å². The molecule has 0 saturated carbocycles. The molecular formula is C18H12F4N2O2S. The second-order valence-corrected chi connectivity index (χ2v) is 6.28. The van der Waals surface area contributed by atoms with Crippen LogP contribution in [0.5, 0.6) is 5.75 Å². The lowest BCUT2D eigenvalue weighted by molar-refractivity contribution is -0.137. The molecule has 3 aromatic rings. The highest BCUT2D eigenvalue weighted by Gasteiger charge is 2.30. The quantitative estimate of drug-likeness (QED) is 0.615. The number of rotatable bonds is 4. The maximum absolute atomic E-state index is 13.8. The summed E-state index contributed by atoms with van der Waals surface area (Å²) in [7, 11) is 1.35. The Morgan fingerprint density at radius 3 is 2.63 bits per heavy atom. The number of nitrogens with one attached hydrogen (secondary N) is 1. The minimum absolute atomic E-state index is 0.0899. The summed E-state index contributed by atoms with van der Waals surface area (Å²) < 4.78 is 56.9. The zero-order chi connectivity index (χ0) is 19.6. The Morgan fingerprint density at radius 1 is 1.19 bits per heavy atom. The predicted molar refractivity (Wildman–Crippen MR) is 93.5 cm³/mol. The van der Waals surface area contributed by atoms with E-state index >= 15 is 0 Å². The first-order chi connectivity index (χ1) is 12.8. The van der Waals surface area contributed by atoms with Crippen LogP contribution in [-0.4, -0.2) is 18.0 Å². The van der Waals surface area contributed by atoms with Crippen LogP contribution in [0.2, 0.25) is 0 Å². The van der Waals surface area contributed by atoms with Gasteiger partial charge in [0, 0.05) is 16.5 Å². The van der Waals surface area contributed by atoms with Crippen LogP contribution in [0, 0.1) is 5.82 Å². The van der Waals surface area contributed by atoms with Crippen LogP contribution in [0.25, 0.3) is 11.3 Å². The van der Waals surface area contributed by atoms with Crippen LogP contribution in [0.3, 0.4) is 0 Å². The number of carbonyl (C=O) groups excluding carboxylic acids is 1. The third-order valence-corrected chi connectivity index (χ3v) is 4.38. The molecule has 0 atom stereocenters. The number of ether oxygens (including phenoxy) is 1. The summed E-state index contributed by atoms with van der Waals surface area (Å²) in [5, 5.41) is 4.23. The first-order valence-corrected chi connectivity index (χ1v) is 8.44. The first-order valence-electron chi connectivity index (χ1n) is 7.56. The number of hydrogen-bond acceptors (Lipinski definition) is 4. The van der Waals surface area contributed by atoms with E-state index in [0.717, 1.165) is 29.5 Å². The van der Waals surface area contributed by atoms with Gasteiger partial charge in [0.1, 0.15) is 0 Å². The first kappa shape index (κ1) is 18.8. The summed E-state index contributed by atoms with van der Waals surface area (Å²) >= 11 is 1.07. The molecule has 1 N–H and O–H groups in total. The Kier molecular flexibility index (Phi) is 5.13. The Bertz CT molecular complexity index is 985. The molecule has 3 rings (SSSR count). The van der Waals surface area contributed by atoms with Gasteiger partial charge < -0.3 is 4.74 Å². The minimum Gasteiger partial charge on any atom is -0.494 e. The lowest BCUT2D eigenvalue weighted by atomic mass is 10.1. The normalized spacial score (nSPS) is 11.3. The van der Waals surface area contributed by atoms with Crippen LogP contribution in [-0.2, 0) is 6.18 Å². The maximum Gasteiger partial charge on any atom is 0.416 e. The number of thiazole rings is 1. The molecule has 0 aliphatic heterocycles. The summed E-state index contributed by atoms with van der Waals surface area (Å²) in [6.45, 7) is 0. The number of aromatic nitrogens is 1. The van der Waals surface area contributed by atoms with E-state index in [-0.39, 0.29) is 16.4 Å². The van der Waals surface area contributed by atoms with Crippen LogP contribution in [0.15, 0.2) is 47.8 Å². The van der Waals surface area contributed by atoms with Crippen molar-refractivity contribution in [2.75, 3.05) is 12.4 Å². The predicted octanol–water partition coefficient (Wildman–Crippen LogP) is 5.23. The molecule has 0 unspecified atom stereocenters. The van der Waals surface area contributed by atoms with Crippen LogP contribution < -0.4 is 10.1 Å². The fourth-order valence-electron chi connectivity index (χ4n) is 2.30. The molecule has 1 aromatic heterocycles. The molecule has 0 aliphatic carbocycles. The molecule has 0 fully saturated rings. The van der Waals surface area contributed by atoms with Crippen LogP contribution >= 0.6 is 11.3 Å². The summed E-state index contributed by atoms with van der Waals surface area (Å²) in [5.41, 5.74) is -0.161. The van der Waals surface area contributed by atoms with E-state index < -0.39 is 23.5 Å². The van der Waals surface area contributed by atoms with Crippen molar-refractivity contribution in [1.29, 1.82) is 0 Å². The molecule has 1 heterocycles. The Labute approximate surface area is 155 Å². The van der Waals surface area contributed by atoms with Gasteiger partial charge in [-0.3, -0.25) is 10.1 Å². The van der Waals surface area contributed by atoms with Gasteiger partial charge in [0.25, 0.3) is 5.91 Å². The molecular weight excluding hydrogens is 384 g/mol. The van der Waals surface area contributed by atoms with Crippen molar-refractivity contribution < 1.29 is 27.1 Å². The number of hydrogen-bond donors (Lipinski definition) is 1. The lowest BCUT2D eigenvalue weighted by Crippen LogP contribution is -2.13. The van der Waals surface area contributed by atoms with Gasteiger partial charge in [-0.25, -0.2) is 9.37 Å². The number of amides is 1. The molecule has 140 valence electrons. The number of benzene rings is 2. The lowest BCUT2D eigenvalue weighted by Gasteiger charge is -2.08. The second kappa shape index (κ2) is 7.36. The molecule has 0 saturated heterocycles. The van der Waals surface area contributed by atoms with Gasteiger partial charge in [0.15, 0.2) is 16.7 Å². The van der Waals surface area contributed by atoms with Crippen molar-refractivity contribution >= 4 is 22.4 Å². The molecule has 2 aromatic carbocycles.